The van der Waals surface area contributed by atoms with Crippen LogP contribution in [-0.4, -0.2) is 23.0 Å². The fourth-order valence-electron chi connectivity index (χ4n) is 1.44. The molecule has 0 radical (unpaired) electrons. The number of hydrogen-bond donors (Lipinski definition) is 2. The molecule has 1 aromatic rings. The van der Waals surface area contributed by atoms with Crippen molar-refractivity contribution in [3.8, 4) is 11.5 Å². The Balaban J connectivity index is 3.21. The minimum atomic E-state index is -1.43. The van der Waals surface area contributed by atoms with Gasteiger partial charge in [0.05, 0.1) is 0 Å². The molecular formula is C12H13NO7. The standard InChI is InChI=1S/C12H13NO7/c1-6(14)18-9-4-3-8(11(20-13)12(16)17)5-10(9)19-7(2)15/h3-5,11H,13H2,1-2H3,(H,16,17). The zero-order valence-corrected chi connectivity index (χ0v) is 10.8. The number of rotatable bonds is 5. The topological polar surface area (TPSA) is 125 Å². The van der Waals surface area contributed by atoms with Crippen molar-refractivity contribution in [3.05, 3.63) is 23.8 Å². The largest absolute Gasteiger partial charge is 0.479 e. The Morgan fingerprint density at radius 1 is 1.10 bits per heavy atom. The summed E-state index contributed by atoms with van der Waals surface area (Å²) in [5, 5.41) is 8.92. The minimum Gasteiger partial charge on any atom is -0.479 e. The molecule has 0 saturated carbocycles. The maximum Gasteiger partial charge on any atom is 0.339 e. The lowest BCUT2D eigenvalue weighted by Gasteiger charge is -2.13. The van der Waals surface area contributed by atoms with Crippen LogP contribution in [0.1, 0.15) is 25.5 Å². The predicted octanol–water partition coefficient (Wildman–Crippen LogP) is 0.553. The summed E-state index contributed by atoms with van der Waals surface area (Å²) in [7, 11) is 0. The molecule has 8 nitrogen and oxygen atoms in total. The molecule has 0 amide bonds. The first-order chi connectivity index (χ1) is 9.35. The molecule has 0 aliphatic heterocycles. The van der Waals surface area contributed by atoms with Gasteiger partial charge in [-0.15, -0.1) is 0 Å². The number of aliphatic carboxylic acids is 1. The van der Waals surface area contributed by atoms with Crippen LogP contribution >= 0.6 is 0 Å². The van der Waals surface area contributed by atoms with Gasteiger partial charge in [-0.1, -0.05) is 6.07 Å². The summed E-state index contributed by atoms with van der Waals surface area (Å²) in [6, 6.07) is 3.81. The fraction of sp³-hybridized carbons (Fsp3) is 0.250. The van der Waals surface area contributed by atoms with E-state index in [0.717, 1.165) is 6.92 Å². The molecule has 1 aromatic carbocycles. The highest BCUT2D eigenvalue weighted by atomic mass is 16.6. The van der Waals surface area contributed by atoms with E-state index >= 15 is 0 Å². The molecule has 1 unspecified atom stereocenters. The quantitative estimate of drug-likeness (QED) is 0.456. The van der Waals surface area contributed by atoms with Crippen molar-refractivity contribution in [2.45, 2.75) is 20.0 Å². The van der Waals surface area contributed by atoms with Gasteiger partial charge in [-0.3, -0.25) is 14.4 Å². The van der Waals surface area contributed by atoms with Gasteiger partial charge < -0.3 is 14.6 Å². The van der Waals surface area contributed by atoms with E-state index in [0.29, 0.717) is 0 Å². The molecule has 0 bridgehead atoms. The van der Waals surface area contributed by atoms with Gasteiger partial charge in [0.15, 0.2) is 11.5 Å². The summed E-state index contributed by atoms with van der Waals surface area (Å²) in [6.45, 7) is 2.33. The molecule has 0 saturated heterocycles. The molecule has 108 valence electrons. The summed E-state index contributed by atoms with van der Waals surface area (Å²) in [4.78, 5) is 37.2. The van der Waals surface area contributed by atoms with Crippen LogP contribution in [0.5, 0.6) is 11.5 Å². The first kappa shape index (κ1) is 15.6. The van der Waals surface area contributed by atoms with E-state index in [1.807, 2.05) is 0 Å². The maximum atomic E-state index is 11.0. The van der Waals surface area contributed by atoms with Crippen molar-refractivity contribution in [2.24, 2.45) is 5.90 Å². The number of nitrogens with two attached hydrogens (primary N) is 1. The fourth-order valence-corrected chi connectivity index (χ4v) is 1.44. The summed E-state index contributed by atoms with van der Waals surface area (Å²) >= 11 is 0. The zero-order valence-electron chi connectivity index (χ0n) is 10.8. The van der Waals surface area contributed by atoms with Gasteiger partial charge in [0, 0.05) is 13.8 Å². The third kappa shape index (κ3) is 4.04. The molecule has 3 N–H and O–H groups in total. The second-order valence-electron chi connectivity index (χ2n) is 3.75. The van der Waals surface area contributed by atoms with Crippen LogP contribution in [0.25, 0.3) is 0 Å². The van der Waals surface area contributed by atoms with Crippen molar-refractivity contribution in [2.75, 3.05) is 0 Å². The van der Waals surface area contributed by atoms with Crippen LogP contribution < -0.4 is 15.4 Å². The van der Waals surface area contributed by atoms with E-state index in [9.17, 15) is 14.4 Å². The summed E-state index contributed by atoms with van der Waals surface area (Å²) in [6.07, 6.45) is -1.43. The molecule has 0 aliphatic carbocycles. The minimum absolute atomic E-state index is 0.0161. The average molecular weight is 283 g/mol. The highest BCUT2D eigenvalue weighted by molar-refractivity contribution is 5.76. The lowest BCUT2D eigenvalue weighted by atomic mass is 10.1. The van der Waals surface area contributed by atoms with Crippen molar-refractivity contribution in [1.29, 1.82) is 0 Å². The smallest absolute Gasteiger partial charge is 0.339 e. The monoisotopic (exact) mass is 283 g/mol. The maximum absolute atomic E-state index is 11.0. The van der Waals surface area contributed by atoms with Crippen molar-refractivity contribution in [1.82, 2.24) is 0 Å². The Hall–Kier alpha value is -2.45. The van der Waals surface area contributed by atoms with Gasteiger partial charge in [-0.2, -0.15) is 0 Å². The van der Waals surface area contributed by atoms with Crippen LogP contribution in [0, 0.1) is 0 Å². The number of carbonyl (C=O) groups is 3. The second kappa shape index (κ2) is 6.64. The number of ether oxygens (including phenoxy) is 2. The van der Waals surface area contributed by atoms with Crippen LogP contribution in [0.3, 0.4) is 0 Å². The van der Waals surface area contributed by atoms with E-state index in [1.54, 1.807) is 0 Å². The SMILES string of the molecule is CC(=O)Oc1ccc(C(ON)C(=O)O)cc1OC(C)=O. The Kier molecular flexibility index (Phi) is 5.18. The van der Waals surface area contributed by atoms with E-state index in [4.69, 9.17) is 20.5 Å². The van der Waals surface area contributed by atoms with E-state index in [1.165, 1.54) is 25.1 Å². The molecule has 20 heavy (non-hydrogen) atoms. The highest BCUT2D eigenvalue weighted by Gasteiger charge is 2.22. The number of benzene rings is 1. The second-order valence-corrected chi connectivity index (χ2v) is 3.75. The number of carboxylic acid groups (broad SMARTS) is 1. The zero-order chi connectivity index (χ0) is 15.3. The number of carbonyl (C=O) groups excluding carboxylic acids is 2. The van der Waals surface area contributed by atoms with Gasteiger partial charge in [-0.05, 0) is 17.7 Å². The Bertz CT molecular complexity index is 541. The molecule has 0 aliphatic rings. The number of esters is 2. The van der Waals surface area contributed by atoms with Crippen LogP contribution in [0.2, 0.25) is 0 Å². The number of hydrogen-bond acceptors (Lipinski definition) is 7. The van der Waals surface area contributed by atoms with Crippen molar-refractivity contribution < 1.29 is 33.8 Å². The van der Waals surface area contributed by atoms with Gasteiger partial charge in [0.2, 0.25) is 6.10 Å². The first-order valence-corrected chi connectivity index (χ1v) is 5.44. The van der Waals surface area contributed by atoms with Gasteiger partial charge in [-0.25, -0.2) is 10.7 Å². The first-order valence-electron chi connectivity index (χ1n) is 5.44. The summed E-state index contributed by atoms with van der Waals surface area (Å²) in [5.41, 5.74) is 0.132. The third-order valence-electron chi connectivity index (χ3n) is 2.14. The van der Waals surface area contributed by atoms with Crippen molar-refractivity contribution in [3.63, 3.8) is 0 Å². The molecule has 8 heteroatoms. The molecule has 1 rings (SSSR count). The molecule has 0 spiro atoms. The van der Waals surface area contributed by atoms with Crippen LogP contribution in [0.15, 0.2) is 18.2 Å². The van der Waals surface area contributed by atoms with Gasteiger partial charge in [0.1, 0.15) is 0 Å². The highest BCUT2D eigenvalue weighted by Crippen LogP contribution is 2.31. The lowest BCUT2D eigenvalue weighted by Crippen LogP contribution is -2.19. The van der Waals surface area contributed by atoms with Gasteiger partial charge in [0.25, 0.3) is 0 Å². The molecular weight excluding hydrogens is 270 g/mol. The summed E-state index contributed by atoms with van der Waals surface area (Å²) in [5.74, 6) is 2.19. The number of carboxylic acids is 1. The van der Waals surface area contributed by atoms with E-state index in [-0.39, 0.29) is 17.1 Å². The molecule has 0 heterocycles. The molecule has 0 fully saturated rings. The van der Waals surface area contributed by atoms with Crippen LogP contribution in [0.4, 0.5) is 0 Å². The van der Waals surface area contributed by atoms with E-state index < -0.39 is 24.0 Å². The molecule has 0 aromatic heterocycles. The average Bonchev–Trinajstić information content (AvgIpc) is 2.31. The lowest BCUT2D eigenvalue weighted by molar-refractivity contribution is -0.151. The van der Waals surface area contributed by atoms with Gasteiger partial charge >= 0.3 is 17.9 Å². The normalized spacial score (nSPS) is 11.6. The Labute approximate surface area is 114 Å². The Morgan fingerprint density at radius 3 is 2.10 bits per heavy atom. The third-order valence-corrected chi connectivity index (χ3v) is 2.14. The predicted molar refractivity (Wildman–Crippen MR) is 64.7 cm³/mol. The molecule has 1 atom stereocenters. The van der Waals surface area contributed by atoms with Crippen LogP contribution in [-0.2, 0) is 19.2 Å². The Morgan fingerprint density at radius 2 is 1.65 bits per heavy atom. The van der Waals surface area contributed by atoms with Crippen molar-refractivity contribution >= 4 is 17.9 Å². The van der Waals surface area contributed by atoms with E-state index in [2.05, 4.69) is 4.84 Å². The summed E-state index contributed by atoms with van der Waals surface area (Å²) < 4.78 is 9.70.